The third-order valence-corrected chi connectivity index (χ3v) is 3.81. The lowest BCUT2D eigenvalue weighted by Crippen LogP contribution is -2.36. The van der Waals surface area contributed by atoms with E-state index in [-0.39, 0.29) is 11.4 Å². The molecule has 2 heteroatoms. The summed E-state index contributed by atoms with van der Waals surface area (Å²) < 4.78 is 13.2. The molecule has 18 heavy (non-hydrogen) atoms. The maximum atomic E-state index is 13.2. The quantitative estimate of drug-likeness (QED) is 0.858. The molecule has 0 bridgehead atoms. The molecular weight excluding hydrogens is 225 g/mol. The Hall–Kier alpha value is -1.67. The van der Waals surface area contributed by atoms with Gasteiger partial charge in [0, 0.05) is 5.54 Å². The van der Waals surface area contributed by atoms with Gasteiger partial charge < -0.3 is 5.73 Å². The van der Waals surface area contributed by atoms with Crippen molar-refractivity contribution in [3.05, 3.63) is 71.0 Å². The Bertz CT molecular complexity index is 565. The monoisotopic (exact) mass is 241 g/mol. The molecule has 0 aromatic heterocycles. The standard InChI is InChI=1S/C16H16FN/c17-14-6-7-15-13(10-14)8-9-16(15,18)11-12-4-2-1-3-5-12/h1-7,10H,8-9,11,18H2. The van der Waals surface area contributed by atoms with E-state index in [0.29, 0.717) is 0 Å². The van der Waals surface area contributed by atoms with Crippen molar-refractivity contribution in [2.24, 2.45) is 5.73 Å². The van der Waals surface area contributed by atoms with Crippen molar-refractivity contribution in [3.8, 4) is 0 Å². The summed E-state index contributed by atoms with van der Waals surface area (Å²) in [4.78, 5) is 0. The van der Waals surface area contributed by atoms with Crippen LogP contribution < -0.4 is 5.73 Å². The van der Waals surface area contributed by atoms with Gasteiger partial charge in [0.05, 0.1) is 0 Å². The molecule has 0 aliphatic heterocycles. The summed E-state index contributed by atoms with van der Waals surface area (Å²) >= 11 is 0. The number of hydrogen-bond donors (Lipinski definition) is 1. The zero-order valence-electron chi connectivity index (χ0n) is 10.2. The second-order valence-corrected chi connectivity index (χ2v) is 5.12. The first kappa shape index (κ1) is 11.4. The summed E-state index contributed by atoms with van der Waals surface area (Å²) in [6.45, 7) is 0. The minimum absolute atomic E-state index is 0.169. The normalized spacial score (nSPS) is 21.9. The number of fused-ring (bicyclic) bond motifs is 1. The highest BCUT2D eigenvalue weighted by Crippen LogP contribution is 2.37. The van der Waals surface area contributed by atoms with Crippen LogP contribution in [0.5, 0.6) is 0 Å². The van der Waals surface area contributed by atoms with Gasteiger partial charge in [0.15, 0.2) is 0 Å². The van der Waals surface area contributed by atoms with Crippen molar-refractivity contribution in [1.82, 2.24) is 0 Å². The van der Waals surface area contributed by atoms with Crippen molar-refractivity contribution in [1.29, 1.82) is 0 Å². The van der Waals surface area contributed by atoms with Crippen LogP contribution in [-0.4, -0.2) is 0 Å². The molecule has 0 saturated carbocycles. The molecule has 92 valence electrons. The van der Waals surface area contributed by atoms with E-state index < -0.39 is 0 Å². The molecule has 0 radical (unpaired) electrons. The zero-order valence-corrected chi connectivity index (χ0v) is 10.2. The third-order valence-electron chi connectivity index (χ3n) is 3.81. The van der Waals surface area contributed by atoms with Crippen LogP contribution in [0.2, 0.25) is 0 Å². The van der Waals surface area contributed by atoms with Gasteiger partial charge in [-0.3, -0.25) is 0 Å². The highest BCUT2D eigenvalue weighted by Gasteiger charge is 2.35. The van der Waals surface area contributed by atoms with Crippen LogP contribution >= 0.6 is 0 Å². The van der Waals surface area contributed by atoms with E-state index in [2.05, 4.69) is 12.1 Å². The maximum absolute atomic E-state index is 13.2. The lowest BCUT2D eigenvalue weighted by molar-refractivity contribution is 0.439. The fourth-order valence-electron chi connectivity index (χ4n) is 2.89. The van der Waals surface area contributed by atoms with Crippen molar-refractivity contribution in [2.75, 3.05) is 0 Å². The molecule has 0 saturated heterocycles. The largest absolute Gasteiger partial charge is 0.321 e. The second-order valence-electron chi connectivity index (χ2n) is 5.12. The summed E-state index contributed by atoms with van der Waals surface area (Å²) in [5.74, 6) is -0.169. The first-order valence-corrected chi connectivity index (χ1v) is 6.29. The zero-order chi connectivity index (χ0) is 12.6. The topological polar surface area (TPSA) is 26.0 Å². The van der Waals surface area contributed by atoms with Gasteiger partial charge in [-0.2, -0.15) is 0 Å². The first-order chi connectivity index (χ1) is 8.67. The van der Waals surface area contributed by atoms with E-state index in [1.165, 1.54) is 11.6 Å². The second kappa shape index (κ2) is 4.21. The average molecular weight is 241 g/mol. The van der Waals surface area contributed by atoms with Gasteiger partial charge in [0.25, 0.3) is 0 Å². The molecule has 0 heterocycles. The van der Waals surface area contributed by atoms with Crippen molar-refractivity contribution < 1.29 is 4.39 Å². The maximum Gasteiger partial charge on any atom is 0.123 e. The lowest BCUT2D eigenvalue weighted by Gasteiger charge is -2.25. The summed E-state index contributed by atoms with van der Waals surface area (Å²) in [6.07, 6.45) is 2.57. The van der Waals surface area contributed by atoms with Crippen LogP contribution in [0.1, 0.15) is 23.1 Å². The van der Waals surface area contributed by atoms with Gasteiger partial charge in [0.1, 0.15) is 5.82 Å². The van der Waals surface area contributed by atoms with Gasteiger partial charge in [-0.25, -0.2) is 4.39 Å². The van der Waals surface area contributed by atoms with E-state index in [1.54, 1.807) is 6.07 Å². The van der Waals surface area contributed by atoms with Gasteiger partial charge in [0.2, 0.25) is 0 Å². The van der Waals surface area contributed by atoms with E-state index >= 15 is 0 Å². The Balaban J connectivity index is 1.94. The predicted octanol–water partition coefficient (Wildman–Crippen LogP) is 3.17. The molecule has 2 aromatic carbocycles. The minimum Gasteiger partial charge on any atom is -0.321 e. The van der Waals surface area contributed by atoms with Crippen molar-refractivity contribution in [3.63, 3.8) is 0 Å². The molecule has 2 N–H and O–H groups in total. The van der Waals surface area contributed by atoms with Crippen molar-refractivity contribution in [2.45, 2.75) is 24.8 Å². The Morgan fingerprint density at radius 2 is 1.89 bits per heavy atom. The van der Waals surface area contributed by atoms with Crippen LogP contribution in [0.15, 0.2) is 48.5 Å². The molecule has 0 spiro atoms. The van der Waals surface area contributed by atoms with Gasteiger partial charge in [-0.15, -0.1) is 0 Å². The molecule has 0 amide bonds. The third kappa shape index (κ3) is 1.93. The fraction of sp³-hybridized carbons (Fsp3) is 0.250. The van der Waals surface area contributed by atoms with E-state index in [9.17, 15) is 4.39 Å². The van der Waals surface area contributed by atoms with Crippen LogP contribution in [-0.2, 0) is 18.4 Å². The minimum atomic E-state index is -0.343. The summed E-state index contributed by atoms with van der Waals surface area (Å²) in [6, 6.07) is 15.2. The fourth-order valence-corrected chi connectivity index (χ4v) is 2.89. The molecule has 1 nitrogen and oxygen atoms in total. The van der Waals surface area contributed by atoms with Crippen LogP contribution in [0, 0.1) is 5.82 Å². The van der Waals surface area contributed by atoms with Gasteiger partial charge in [-0.05, 0) is 48.1 Å². The van der Waals surface area contributed by atoms with Crippen LogP contribution in [0.3, 0.4) is 0 Å². The SMILES string of the molecule is NC1(Cc2ccccc2)CCc2cc(F)ccc21. The van der Waals surface area contributed by atoms with Crippen LogP contribution in [0.25, 0.3) is 0 Å². The number of halogens is 1. The predicted molar refractivity (Wildman–Crippen MR) is 70.7 cm³/mol. The summed E-state index contributed by atoms with van der Waals surface area (Å²) in [7, 11) is 0. The summed E-state index contributed by atoms with van der Waals surface area (Å²) in [5.41, 5.74) is 9.59. The molecule has 1 aliphatic rings. The van der Waals surface area contributed by atoms with E-state index in [0.717, 1.165) is 30.4 Å². The Morgan fingerprint density at radius 1 is 1.11 bits per heavy atom. The number of rotatable bonds is 2. The summed E-state index contributed by atoms with van der Waals surface area (Å²) in [5, 5.41) is 0. The molecule has 1 aliphatic carbocycles. The van der Waals surface area contributed by atoms with E-state index in [4.69, 9.17) is 5.73 Å². The number of nitrogens with two attached hydrogens (primary N) is 1. The molecule has 1 unspecified atom stereocenters. The van der Waals surface area contributed by atoms with E-state index in [1.807, 2.05) is 24.3 Å². The lowest BCUT2D eigenvalue weighted by atomic mass is 9.86. The van der Waals surface area contributed by atoms with Crippen molar-refractivity contribution >= 4 is 0 Å². The van der Waals surface area contributed by atoms with Gasteiger partial charge in [-0.1, -0.05) is 36.4 Å². The molecule has 3 rings (SSSR count). The Labute approximate surface area is 106 Å². The number of hydrogen-bond acceptors (Lipinski definition) is 1. The Kier molecular flexibility index (Phi) is 2.67. The average Bonchev–Trinajstić information content (AvgIpc) is 2.67. The molecule has 1 atom stereocenters. The molecule has 2 aromatic rings. The first-order valence-electron chi connectivity index (χ1n) is 6.29. The molecule has 0 fully saturated rings. The molecular formula is C16H16FN. The van der Waals surface area contributed by atoms with Crippen LogP contribution in [0.4, 0.5) is 4.39 Å². The number of aryl methyl sites for hydroxylation is 1. The smallest absolute Gasteiger partial charge is 0.123 e. The highest BCUT2D eigenvalue weighted by molar-refractivity contribution is 5.40. The Morgan fingerprint density at radius 3 is 2.67 bits per heavy atom. The number of benzene rings is 2. The van der Waals surface area contributed by atoms with Gasteiger partial charge >= 0.3 is 0 Å². The highest BCUT2D eigenvalue weighted by atomic mass is 19.1.